The van der Waals surface area contributed by atoms with E-state index in [-0.39, 0.29) is 6.04 Å². The Balaban J connectivity index is 2.06. The van der Waals surface area contributed by atoms with Gasteiger partial charge in [0.15, 0.2) is 0 Å². The van der Waals surface area contributed by atoms with Gasteiger partial charge in [-0.25, -0.2) is 0 Å². The molecule has 1 aliphatic rings. The Morgan fingerprint density at radius 3 is 2.00 bits per heavy atom. The van der Waals surface area contributed by atoms with Gasteiger partial charge in [-0.15, -0.1) is 0 Å². The van der Waals surface area contributed by atoms with Gasteiger partial charge in [0.2, 0.25) is 0 Å². The first-order valence-electron chi connectivity index (χ1n) is 10.0. The van der Waals surface area contributed by atoms with Gasteiger partial charge in [-0.1, -0.05) is 26.0 Å². The molecule has 0 unspecified atom stereocenters. The van der Waals surface area contributed by atoms with Crippen molar-refractivity contribution in [3.63, 3.8) is 0 Å². The third kappa shape index (κ3) is 6.49. The zero-order valence-corrected chi connectivity index (χ0v) is 17.9. The van der Waals surface area contributed by atoms with Crippen LogP contribution in [-0.4, -0.2) is 82.0 Å². The molecular formula is C21H35N5O2. The highest BCUT2D eigenvalue weighted by molar-refractivity contribution is 6.35. The Bertz CT molecular complexity index is 637. The molecule has 1 aromatic carbocycles. The number of benzene rings is 1. The molecule has 1 heterocycles. The van der Waals surface area contributed by atoms with E-state index >= 15 is 0 Å². The van der Waals surface area contributed by atoms with Gasteiger partial charge in [-0.05, 0) is 30.7 Å². The summed E-state index contributed by atoms with van der Waals surface area (Å²) >= 11 is 0. The number of hydrogen-bond acceptors (Lipinski definition) is 5. The molecular weight excluding hydrogens is 354 g/mol. The van der Waals surface area contributed by atoms with Crippen LogP contribution in [0.3, 0.4) is 0 Å². The molecule has 1 aromatic rings. The Morgan fingerprint density at radius 1 is 0.964 bits per heavy atom. The number of likely N-dealkylation sites (N-methyl/N-ethyl adjacent to an activating group) is 1. The molecule has 1 fully saturated rings. The molecule has 2 rings (SSSR count). The van der Waals surface area contributed by atoms with E-state index in [1.165, 1.54) is 0 Å². The van der Waals surface area contributed by atoms with Crippen LogP contribution in [-0.2, 0) is 9.59 Å². The molecule has 7 heteroatoms. The van der Waals surface area contributed by atoms with Crippen LogP contribution in [0.15, 0.2) is 24.3 Å². The highest BCUT2D eigenvalue weighted by Gasteiger charge is 2.25. The largest absolute Gasteiger partial charge is 0.378 e. The smallest absolute Gasteiger partial charge is 0.309 e. The highest BCUT2D eigenvalue weighted by Crippen LogP contribution is 2.24. The van der Waals surface area contributed by atoms with Crippen molar-refractivity contribution in [1.29, 1.82) is 0 Å². The molecule has 1 atom stereocenters. The predicted octanol–water partition coefficient (Wildman–Crippen LogP) is 0.930. The molecule has 0 bridgehead atoms. The second-order valence-electron chi connectivity index (χ2n) is 8.15. The number of nitrogens with zero attached hydrogens (tertiary/aromatic N) is 3. The Labute approximate surface area is 169 Å². The maximum Gasteiger partial charge on any atom is 0.309 e. The quantitative estimate of drug-likeness (QED) is 0.679. The summed E-state index contributed by atoms with van der Waals surface area (Å²) < 4.78 is 0. The van der Waals surface area contributed by atoms with Crippen molar-refractivity contribution in [3.05, 3.63) is 29.8 Å². The predicted molar refractivity (Wildman–Crippen MR) is 113 cm³/mol. The molecule has 0 spiro atoms. The fraction of sp³-hybridized carbons (Fsp3) is 0.619. The van der Waals surface area contributed by atoms with E-state index in [9.17, 15) is 9.59 Å². The van der Waals surface area contributed by atoms with Crippen LogP contribution in [0.4, 0.5) is 5.69 Å². The minimum atomic E-state index is -0.565. The summed E-state index contributed by atoms with van der Waals surface area (Å²) in [6.45, 7) is 8.78. The number of hydrogen-bond donors (Lipinski definition) is 2. The summed E-state index contributed by atoms with van der Waals surface area (Å²) in [6.07, 6.45) is 0. The molecule has 1 aliphatic heterocycles. The van der Waals surface area contributed by atoms with Crippen LogP contribution >= 0.6 is 0 Å². The molecule has 156 valence electrons. The van der Waals surface area contributed by atoms with Gasteiger partial charge in [0, 0.05) is 59.1 Å². The number of rotatable bonds is 7. The highest BCUT2D eigenvalue weighted by atomic mass is 16.2. The second-order valence-corrected chi connectivity index (χ2v) is 8.15. The van der Waals surface area contributed by atoms with Crippen molar-refractivity contribution in [1.82, 2.24) is 20.4 Å². The number of carbonyl (C=O) groups excluding carboxylic acids is 2. The van der Waals surface area contributed by atoms with Crippen molar-refractivity contribution >= 4 is 17.5 Å². The lowest BCUT2D eigenvalue weighted by molar-refractivity contribution is -0.139. The lowest BCUT2D eigenvalue weighted by Gasteiger charge is -2.38. The van der Waals surface area contributed by atoms with Crippen molar-refractivity contribution in [2.45, 2.75) is 19.9 Å². The number of anilines is 1. The third-order valence-corrected chi connectivity index (χ3v) is 5.11. The summed E-state index contributed by atoms with van der Waals surface area (Å²) in [6, 6.07) is 8.46. The Kier molecular flexibility index (Phi) is 8.26. The van der Waals surface area contributed by atoms with Gasteiger partial charge in [0.1, 0.15) is 0 Å². The van der Waals surface area contributed by atoms with E-state index in [0.29, 0.717) is 19.0 Å². The molecule has 28 heavy (non-hydrogen) atoms. The maximum absolute atomic E-state index is 12.2. The molecule has 1 saturated heterocycles. The van der Waals surface area contributed by atoms with E-state index < -0.39 is 11.8 Å². The molecule has 0 saturated carbocycles. The minimum Gasteiger partial charge on any atom is -0.378 e. The average molecular weight is 390 g/mol. The number of amides is 2. The Morgan fingerprint density at radius 2 is 1.50 bits per heavy atom. The zero-order valence-electron chi connectivity index (χ0n) is 17.9. The van der Waals surface area contributed by atoms with Gasteiger partial charge < -0.3 is 20.4 Å². The summed E-state index contributed by atoms with van der Waals surface area (Å²) in [5.74, 6) is -0.816. The van der Waals surface area contributed by atoms with E-state index in [1.54, 1.807) is 0 Å². The fourth-order valence-corrected chi connectivity index (χ4v) is 3.23. The van der Waals surface area contributed by atoms with E-state index in [4.69, 9.17) is 0 Å². The van der Waals surface area contributed by atoms with Gasteiger partial charge in [0.25, 0.3) is 0 Å². The minimum absolute atomic E-state index is 0.0479. The zero-order chi connectivity index (χ0) is 20.7. The lowest BCUT2D eigenvalue weighted by Crippen LogP contribution is -2.50. The van der Waals surface area contributed by atoms with Crippen molar-refractivity contribution in [3.8, 4) is 0 Å². The molecule has 0 aliphatic carbocycles. The van der Waals surface area contributed by atoms with Gasteiger partial charge in [0.05, 0.1) is 6.04 Å². The molecule has 2 amide bonds. The third-order valence-electron chi connectivity index (χ3n) is 5.11. The first kappa shape index (κ1) is 22.2. The van der Waals surface area contributed by atoms with Crippen LogP contribution in [0.5, 0.6) is 0 Å². The average Bonchev–Trinajstić information content (AvgIpc) is 2.67. The van der Waals surface area contributed by atoms with Crippen LogP contribution in [0.2, 0.25) is 0 Å². The first-order chi connectivity index (χ1) is 13.3. The van der Waals surface area contributed by atoms with E-state index in [0.717, 1.165) is 37.4 Å². The number of carbonyl (C=O) groups is 2. The SMILES string of the molecule is CC(C)CNC(=O)C(=O)NC[C@H](c1ccc(N(C)C)cc1)N1CCN(C)CC1. The molecule has 0 radical (unpaired) electrons. The van der Waals surface area contributed by atoms with E-state index in [1.807, 2.05) is 27.9 Å². The summed E-state index contributed by atoms with van der Waals surface area (Å²) in [7, 11) is 6.16. The lowest BCUT2D eigenvalue weighted by atomic mass is 10.0. The van der Waals surface area contributed by atoms with Crippen molar-refractivity contribution in [2.75, 3.05) is 65.3 Å². The molecule has 7 nitrogen and oxygen atoms in total. The number of piperazine rings is 1. The fourth-order valence-electron chi connectivity index (χ4n) is 3.23. The van der Waals surface area contributed by atoms with Gasteiger partial charge >= 0.3 is 11.8 Å². The van der Waals surface area contributed by atoms with Crippen molar-refractivity contribution in [2.24, 2.45) is 5.92 Å². The van der Waals surface area contributed by atoms with Gasteiger partial charge in [-0.3, -0.25) is 14.5 Å². The van der Waals surface area contributed by atoms with Crippen LogP contribution in [0.1, 0.15) is 25.5 Å². The maximum atomic E-state index is 12.2. The molecule has 0 aromatic heterocycles. The normalized spacial score (nSPS) is 16.6. The van der Waals surface area contributed by atoms with E-state index in [2.05, 4.69) is 56.6 Å². The summed E-state index contributed by atoms with van der Waals surface area (Å²) in [5.41, 5.74) is 2.29. The van der Waals surface area contributed by atoms with Gasteiger partial charge in [-0.2, -0.15) is 0 Å². The standard InChI is InChI=1S/C21H35N5O2/c1-16(2)14-22-20(27)21(28)23-15-19(26-12-10-25(5)11-13-26)17-6-8-18(9-7-17)24(3)4/h6-9,16,19H,10-15H2,1-5H3,(H,22,27)(H,23,28)/t19-/m1/s1. The monoisotopic (exact) mass is 389 g/mol. The van der Waals surface area contributed by atoms with Crippen LogP contribution in [0, 0.1) is 5.92 Å². The molecule has 2 N–H and O–H groups in total. The summed E-state index contributed by atoms with van der Waals surface area (Å²) in [5, 5.41) is 5.51. The Hall–Kier alpha value is -2.12. The summed E-state index contributed by atoms with van der Waals surface area (Å²) in [4.78, 5) is 31.0. The number of nitrogens with one attached hydrogen (secondary N) is 2. The first-order valence-corrected chi connectivity index (χ1v) is 10.0. The van der Waals surface area contributed by atoms with Crippen LogP contribution in [0.25, 0.3) is 0 Å². The second kappa shape index (κ2) is 10.4. The van der Waals surface area contributed by atoms with Crippen molar-refractivity contribution < 1.29 is 9.59 Å². The topological polar surface area (TPSA) is 67.9 Å². The van der Waals surface area contributed by atoms with Crippen LogP contribution < -0.4 is 15.5 Å².